The summed E-state index contributed by atoms with van der Waals surface area (Å²) in [5.74, 6) is 5.23. The van der Waals surface area contributed by atoms with Crippen LogP contribution < -0.4 is 11.3 Å². The molecule has 0 spiro atoms. The molecule has 16 heavy (non-hydrogen) atoms. The molecule has 0 aliphatic heterocycles. The SMILES string of the molecule is NNC(CCC(F)(F)F)Cc1ccccc1. The van der Waals surface area contributed by atoms with Crippen molar-refractivity contribution < 1.29 is 13.2 Å². The van der Waals surface area contributed by atoms with Gasteiger partial charge in [-0.05, 0) is 18.4 Å². The number of nitrogens with one attached hydrogen (secondary N) is 1. The maximum atomic E-state index is 12.0. The fraction of sp³-hybridized carbons (Fsp3) is 0.455. The number of hydrogen-bond donors (Lipinski definition) is 2. The van der Waals surface area contributed by atoms with Crippen molar-refractivity contribution in [2.45, 2.75) is 31.5 Å². The minimum atomic E-state index is -4.12. The van der Waals surface area contributed by atoms with Crippen LogP contribution in [0.15, 0.2) is 30.3 Å². The Hall–Kier alpha value is -1.07. The highest BCUT2D eigenvalue weighted by atomic mass is 19.4. The van der Waals surface area contributed by atoms with Crippen LogP contribution in [0.4, 0.5) is 13.2 Å². The topological polar surface area (TPSA) is 38.0 Å². The third-order valence-corrected chi connectivity index (χ3v) is 2.34. The average molecular weight is 232 g/mol. The van der Waals surface area contributed by atoms with Crippen molar-refractivity contribution in [1.82, 2.24) is 5.43 Å². The monoisotopic (exact) mass is 232 g/mol. The molecule has 2 nitrogen and oxygen atoms in total. The molecule has 1 atom stereocenters. The van der Waals surface area contributed by atoms with Crippen molar-refractivity contribution in [2.75, 3.05) is 0 Å². The Balaban J connectivity index is 2.44. The molecule has 0 aromatic heterocycles. The zero-order valence-corrected chi connectivity index (χ0v) is 8.80. The van der Waals surface area contributed by atoms with Crippen LogP contribution in [0, 0.1) is 0 Å². The Morgan fingerprint density at radius 1 is 1.19 bits per heavy atom. The van der Waals surface area contributed by atoms with Crippen molar-refractivity contribution in [3.63, 3.8) is 0 Å². The van der Waals surface area contributed by atoms with Crippen molar-refractivity contribution >= 4 is 0 Å². The summed E-state index contributed by atoms with van der Waals surface area (Å²) in [4.78, 5) is 0. The van der Waals surface area contributed by atoms with Gasteiger partial charge in [-0.1, -0.05) is 30.3 Å². The third-order valence-electron chi connectivity index (χ3n) is 2.34. The van der Waals surface area contributed by atoms with Gasteiger partial charge in [-0.15, -0.1) is 0 Å². The highest BCUT2D eigenvalue weighted by Gasteiger charge is 2.28. The molecule has 5 heteroatoms. The van der Waals surface area contributed by atoms with Gasteiger partial charge in [0.1, 0.15) is 0 Å². The van der Waals surface area contributed by atoms with E-state index in [9.17, 15) is 13.2 Å². The number of hydrogen-bond acceptors (Lipinski definition) is 2. The summed E-state index contributed by atoms with van der Waals surface area (Å²) in [7, 11) is 0. The second kappa shape index (κ2) is 5.86. The molecule has 0 aliphatic rings. The molecule has 0 amide bonds. The zero-order chi connectivity index (χ0) is 12.0. The van der Waals surface area contributed by atoms with Crippen molar-refractivity contribution in [3.8, 4) is 0 Å². The summed E-state index contributed by atoms with van der Waals surface area (Å²) in [5, 5.41) is 0. The van der Waals surface area contributed by atoms with Crippen LogP contribution in [0.25, 0.3) is 0 Å². The van der Waals surface area contributed by atoms with E-state index < -0.39 is 12.6 Å². The van der Waals surface area contributed by atoms with Crippen LogP contribution in [-0.4, -0.2) is 12.2 Å². The maximum absolute atomic E-state index is 12.0. The van der Waals surface area contributed by atoms with Crippen molar-refractivity contribution in [3.05, 3.63) is 35.9 Å². The van der Waals surface area contributed by atoms with Crippen LogP contribution in [0.3, 0.4) is 0 Å². The number of benzene rings is 1. The normalized spacial score (nSPS) is 13.8. The van der Waals surface area contributed by atoms with E-state index in [1.54, 1.807) is 0 Å². The number of nitrogens with two attached hydrogens (primary N) is 1. The molecule has 1 aromatic rings. The average Bonchev–Trinajstić information content (AvgIpc) is 2.24. The Labute approximate surface area is 92.6 Å². The Morgan fingerprint density at radius 2 is 1.81 bits per heavy atom. The summed E-state index contributed by atoms with van der Waals surface area (Å²) in [6.07, 6.45) is -4.43. The highest BCUT2D eigenvalue weighted by molar-refractivity contribution is 5.15. The first-order valence-corrected chi connectivity index (χ1v) is 5.08. The first kappa shape index (κ1) is 13.0. The fourth-order valence-electron chi connectivity index (χ4n) is 1.48. The quantitative estimate of drug-likeness (QED) is 0.604. The molecule has 1 unspecified atom stereocenters. The van der Waals surface area contributed by atoms with Gasteiger partial charge in [0, 0.05) is 12.5 Å². The van der Waals surface area contributed by atoms with Gasteiger partial charge >= 0.3 is 6.18 Å². The number of halogens is 3. The smallest absolute Gasteiger partial charge is 0.271 e. The van der Waals surface area contributed by atoms with E-state index in [2.05, 4.69) is 5.43 Å². The minimum Gasteiger partial charge on any atom is -0.271 e. The summed E-state index contributed by atoms with van der Waals surface area (Å²) >= 11 is 0. The van der Waals surface area contributed by atoms with Gasteiger partial charge in [-0.2, -0.15) is 13.2 Å². The summed E-state index contributed by atoms with van der Waals surface area (Å²) in [6, 6.07) is 8.98. The second-order valence-corrected chi connectivity index (χ2v) is 3.71. The van der Waals surface area contributed by atoms with Crippen LogP contribution in [0.2, 0.25) is 0 Å². The Kier molecular flexibility index (Phi) is 4.76. The van der Waals surface area contributed by atoms with E-state index in [4.69, 9.17) is 5.84 Å². The van der Waals surface area contributed by atoms with E-state index in [0.717, 1.165) is 5.56 Å². The number of rotatable bonds is 5. The van der Waals surface area contributed by atoms with Gasteiger partial charge in [-0.25, -0.2) is 0 Å². The molecule has 1 aromatic carbocycles. The molecule has 0 fully saturated rings. The van der Waals surface area contributed by atoms with E-state index in [-0.39, 0.29) is 12.5 Å². The molecule has 0 heterocycles. The lowest BCUT2D eigenvalue weighted by atomic mass is 10.0. The number of alkyl halides is 3. The van der Waals surface area contributed by atoms with E-state index in [1.807, 2.05) is 30.3 Å². The van der Waals surface area contributed by atoms with Gasteiger partial charge in [0.05, 0.1) is 0 Å². The third kappa shape index (κ3) is 5.14. The van der Waals surface area contributed by atoms with Gasteiger partial charge in [0.2, 0.25) is 0 Å². The molecule has 90 valence electrons. The first-order valence-electron chi connectivity index (χ1n) is 5.08. The summed E-state index contributed by atoms with van der Waals surface area (Å²) in [5.41, 5.74) is 3.40. The van der Waals surface area contributed by atoms with E-state index in [0.29, 0.717) is 6.42 Å². The molecule has 3 N–H and O–H groups in total. The lowest BCUT2D eigenvalue weighted by Crippen LogP contribution is -2.37. The molecule has 1 rings (SSSR count). The predicted octanol–water partition coefficient (Wildman–Crippen LogP) is 2.40. The molecule has 0 radical (unpaired) electrons. The van der Waals surface area contributed by atoms with E-state index in [1.165, 1.54) is 0 Å². The van der Waals surface area contributed by atoms with Crippen LogP contribution in [0.1, 0.15) is 18.4 Å². The Bertz CT molecular complexity index is 298. The fourth-order valence-corrected chi connectivity index (χ4v) is 1.48. The minimum absolute atomic E-state index is 0.00507. The van der Waals surface area contributed by atoms with E-state index >= 15 is 0 Å². The molecule has 0 aliphatic carbocycles. The zero-order valence-electron chi connectivity index (χ0n) is 8.80. The van der Waals surface area contributed by atoms with Crippen LogP contribution in [-0.2, 0) is 6.42 Å². The molecule has 0 bridgehead atoms. The second-order valence-electron chi connectivity index (χ2n) is 3.71. The summed E-state index contributed by atoms with van der Waals surface area (Å²) in [6.45, 7) is 0. The molecule has 0 saturated carbocycles. The Morgan fingerprint density at radius 3 is 2.31 bits per heavy atom. The van der Waals surface area contributed by atoms with Crippen LogP contribution >= 0.6 is 0 Å². The van der Waals surface area contributed by atoms with Gasteiger partial charge in [-0.3, -0.25) is 11.3 Å². The van der Waals surface area contributed by atoms with Crippen LogP contribution in [0.5, 0.6) is 0 Å². The van der Waals surface area contributed by atoms with Gasteiger partial charge in [0.15, 0.2) is 0 Å². The van der Waals surface area contributed by atoms with Gasteiger partial charge < -0.3 is 0 Å². The lowest BCUT2D eigenvalue weighted by Gasteiger charge is -2.16. The maximum Gasteiger partial charge on any atom is 0.389 e. The van der Waals surface area contributed by atoms with Crippen molar-refractivity contribution in [1.29, 1.82) is 0 Å². The highest BCUT2D eigenvalue weighted by Crippen LogP contribution is 2.22. The summed E-state index contributed by atoms with van der Waals surface area (Å²) < 4.78 is 36.1. The van der Waals surface area contributed by atoms with Gasteiger partial charge in [0.25, 0.3) is 0 Å². The largest absolute Gasteiger partial charge is 0.389 e. The number of hydrazine groups is 1. The lowest BCUT2D eigenvalue weighted by molar-refractivity contribution is -0.136. The first-order chi connectivity index (χ1) is 7.51. The standard InChI is InChI=1S/C11H15F3N2/c12-11(13,14)7-6-10(16-15)8-9-4-2-1-3-5-9/h1-5,10,16H,6-8,15H2. The van der Waals surface area contributed by atoms with Crippen molar-refractivity contribution in [2.24, 2.45) is 5.84 Å². The molecule has 0 saturated heterocycles. The molecular formula is C11H15F3N2. The predicted molar refractivity (Wildman–Crippen MR) is 56.5 cm³/mol. The molecular weight excluding hydrogens is 217 g/mol.